The number of aliphatic hydroxyl groups excluding tert-OH is 1. The predicted octanol–water partition coefficient (Wildman–Crippen LogP) is 1.15. The summed E-state index contributed by atoms with van der Waals surface area (Å²) in [7, 11) is 2.74. The third-order valence-corrected chi connectivity index (χ3v) is 2.81. The van der Waals surface area contributed by atoms with Gasteiger partial charge in [-0.2, -0.15) is 0 Å². The summed E-state index contributed by atoms with van der Waals surface area (Å²) in [5.41, 5.74) is 0.643. The van der Waals surface area contributed by atoms with Gasteiger partial charge in [0, 0.05) is 0 Å². The number of esters is 1. The molecule has 1 aliphatic heterocycles. The first-order chi connectivity index (χ1) is 9.56. The molecule has 1 heterocycles. The molecule has 0 fully saturated rings. The highest BCUT2D eigenvalue weighted by Gasteiger charge is 2.28. The molecule has 0 saturated carbocycles. The van der Waals surface area contributed by atoms with E-state index in [2.05, 4.69) is 10.1 Å². The zero-order valence-electron chi connectivity index (χ0n) is 11.0. The van der Waals surface area contributed by atoms with Crippen LogP contribution in [-0.2, 0) is 14.3 Å². The SMILES string of the molecule is COC(=O)/C=C1/NC(=O)C(c2ccc(OC)cc2)=C1O. The number of rotatable bonds is 3. The molecule has 6 heteroatoms. The van der Waals surface area contributed by atoms with Crippen LogP contribution in [0.4, 0.5) is 0 Å². The molecular weight excluding hydrogens is 262 g/mol. The lowest BCUT2D eigenvalue weighted by molar-refractivity contribution is -0.134. The summed E-state index contributed by atoms with van der Waals surface area (Å²) in [6.45, 7) is 0. The Balaban J connectivity index is 2.40. The maximum absolute atomic E-state index is 11.9. The molecule has 6 nitrogen and oxygen atoms in total. The number of carbonyl (C=O) groups is 2. The summed E-state index contributed by atoms with van der Waals surface area (Å²) in [5, 5.41) is 12.4. The van der Waals surface area contributed by atoms with Crippen LogP contribution in [0.2, 0.25) is 0 Å². The Morgan fingerprint density at radius 3 is 2.45 bits per heavy atom. The average molecular weight is 275 g/mol. The van der Waals surface area contributed by atoms with E-state index in [1.807, 2.05) is 0 Å². The van der Waals surface area contributed by atoms with Crippen molar-refractivity contribution in [1.29, 1.82) is 0 Å². The fourth-order valence-electron chi connectivity index (χ4n) is 1.79. The molecule has 0 aliphatic carbocycles. The van der Waals surface area contributed by atoms with E-state index in [-0.39, 0.29) is 17.0 Å². The topological polar surface area (TPSA) is 84.9 Å². The van der Waals surface area contributed by atoms with E-state index in [9.17, 15) is 14.7 Å². The van der Waals surface area contributed by atoms with E-state index >= 15 is 0 Å². The Bertz CT molecular complexity index is 613. The number of ether oxygens (including phenoxy) is 2. The first-order valence-electron chi connectivity index (χ1n) is 5.76. The minimum absolute atomic E-state index is 0.0210. The number of hydrogen-bond acceptors (Lipinski definition) is 5. The molecule has 0 radical (unpaired) electrons. The lowest BCUT2D eigenvalue weighted by Gasteiger charge is -2.03. The van der Waals surface area contributed by atoms with Crippen LogP contribution in [0.15, 0.2) is 41.8 Å². The normalized spacial score (nSPS) is 16.3. The third-order valence-electron chi connectivity index (χ3n) is 2.81. The van der Waals surface area contributed by atoms with Gasteiger partial charge in [-0.15, -0.1) is 0 Å². The molecule has 1 aromatic carbocycles. The zero-order chi connectivity index (χ0) is 14.7. The van der Waals surface area contributed by atoms with E-state index in [1.165, 1.54) is 14.2 Å². The Morgan fingerprint density at radius 1 is 1.25 bits per heavy atom. The molecule has 0 unspecified atom stereocenters. The molecule has 1 aliphatic rings. The average Bonchev–Trinajstić information content (AvgIpc) is 2.73. The predicted molar refractivity (Wildman–Crippen MR) is 70.8 cm³/mol. The second-order valence-electron chi connectivity index (χ2n) is 3.99. The van der Waals surface area contributed by atoms with Crippen molar-refractivity contribution in [3.63, 3.8) is 0 Å². The highest BCUT2D eigenvalue weighted by Crippen LogP contribution is 2.28. The van der Waals surface area contributed by atoms with Crippen molar-refractivity contribution in [3.05, 3.63) is 47.4 Å². The summed E-state index contributed by atoms with van der Waals surface area (Å²) >= 11 is 0. The Hall–Kier alpha value is -2.76. The summed E-state index contributed by atoms with van der Waals surface area (Å²) in [4.78, 5) is 23.0. The number of carbonyl (C=O) groups excluding carboxylic acids is 2. The van der Waals surface area contributed by atoms with Crippen LogP contribution in [0.5, 0.6) is 5.75 Å². The molecule has 0 atom stereocenters. The van der Waals surface area contributed by atoms with Gasteiger partial charge in [0.1, 0.15) is 5.75 Å². The number of hydrogen-bond donors (Lipinski definition) is 2. The molecule has 1 aromatic rings. The van der Waals surface area contributed by atoms with Gasteiger partial charge in [-0.25, -0.2) is 4.79 Å². The van der Waals surface area contributed by atoms with Crippen LogP contribution in [0.3, 0.4) is 0 Å². The van der Waals surface area contributed by atoms with Gasteiger partial charge >= 0.3 is 5.97 Å². The van der Waals surface area contributed by atoms with Gasteiger partial charge in [0.05, 0.1) is 31.6 Å². The van der Waals surface area contributed by atoms with Crippen LogP contribution in [0.1, 0.15) is 5.56 Å². The van der Waals surface area contributed by atoms with E-state index in [1.54, 1.807) is 24.3 Å². The highest BCUT2D eigenvalue weighted by atomic mass is 16.5. The quantitative estimate of drug-likeness (QED) is 0.638. The van der Waals surface area contributed by atoms with E-state index in [4.69, 9.17) is 4.74 Å². The van der Waals surface area contributed by atoms with Crippen molar-refractivity contribution in [3.8, 4) is 5.75 Å². The molecule has 0 aromatic heterocycles. The van der Waals surface area contributed by atoms with Crippen molar-refractivity contribution in [1.82, 2.24) is 5.32 Å². The first kappa shape index (κ1) is 13.7. The van der Waals surface area contributed by atoms with Gasteiger partial charge < -0.3 is 19.9 Å². The second-order valence-corrected chi connectivity index (χ2v) is 3.99. The van der Waals surface area contributed by atoms with E-state index in [0.29, 0.717) is 11.3 Å². The Morgan fingerprint density at radius 2 is 1.90 bits per heavy atom. The highest BCUT2D eigenvalue weighted by molar-refractivity contribution is 6.24. The van der Waals surface area contributed by atoms with E-state index in [0.717, 1.165) is 6.08 Å². The lowest BCUT2D eigenvalue weighted by atomic mass is 10.1. The molecular formula is C14H13NO5. The molecule has 2 N–H and O–H groups in total. The number of nitrogens with one attached hydrogen (secondary N) is 1. The molecule has 2 rings (SSSR count). The Kier molecular flexibility index (Phi) is 3.74. The standard InChI is InChI=1S/C14H13NO5/c1-19-9-5-3-8(4-6-9)12-13(17)10(15-14(12)18)7-11(16)20-2/h3-7,17H,1-2H3,(H,15,18)/b10-7+. The molecule has 0 saturated heterocycles. The maximum atomic E-state index is 11.9. The van der Waals surface area contributed by atoms with Crippen molar-refractivity contribution in [2.75, 3.05) is 14.2 Å². The van der Waals surface area contributed by atoms with Crippen LogP contribution >= 0.6 is 0 Å². The van der Waals surface area contributed by atoms with Gasteiger partial charge in [0.2, 0.25) is 0 Å². The lowest BCUT2D eigenvalue weighted by Crippen LogP contribution is -2.17. The summed E-state index contributed by atoms with van der Waals surface area (Å²) in [5.74, 6) is -0.797. The van der Waals surface area contributed by atoms with Gasteiger partial charge in [0.25, 0.3) is 5.91 Å². The molecule has 104 valence electrons. The van der Waals surface area contributed by atoms with Gasteiger partial charge in [-0.1, -0.05) is 12.1 Å². The van der Waals surface area contributed by atoms with Gasteiger partial charge in [-0.05, 0) is 17.7 Å². The molecule has 1 amide bonds. The zero-order valence-corrected chi connectivity index (χ0v) is 11.0. The summed E-state index contributed by atoms with van der Waals surface area (Å²) < 4.78 is 9.47. The van der Waals surface area contributed by atoms with Gasteiger partial charge in [-0.3, -0.25) is 4.79 Å². The Labute approximate surface area is 115 Å². The van der Waals surface area contributed by atoms with Gasteiger partial charge in [0.15, 0.2) is 5.76 Å². The third kappa shape index (κ3) is 2.49. The smallest absolute Gasteiger partial charge is 0.332 e. The summed E-state index contributed by atoms with van der Waals surface area (Å²) in [6.07, 6.45) is 1.02. The van der Waals surface area contributed by atoms with Crippen LogP contribution in [0.25, 0.3) is 5.57 Å². The van der Waals surface area contributed by atoms with Crippen molar-refractivity contribution in [2.45, 2.75) is 0 Å². The monoisotopic (exact) mass is 275 g/mol. The van der Waals surface area contributed by atoms with Crippen LogP contribution in [-0.4, -0.2) is 31.2 Å². The second kappa shape index (κ2) is 5.48. The number of methoxy groups -OCH3 is 2. The number of benzene rings is 1. The van der Waals surface area contributed by atoms with Crippen molar-refractivity contribution >= 4 is 17.4 Å². The molecule has 0 spiro atoms. The fraction of sp³-hybridized carbons (Fsp3) is 0.143. The maximum Gasteiger partial charge on any atom is 0.332 e. The van der Waals surface area contributed by atoms with Crippen LogP contribution in [0, 0.1) is 0 Å². The van der Waals surface area contributed by atoms with Crippen molar-refractivity contribution in [2.24, 2.45) is 0 Å². The number of aliphatic hydroxyl groups is 1. The molecule has 20 heavy (non-hydrogen) atoms. The summed E-state index contributed by atoms with van der Waals surface area (Å²) in [6, 6.07) is 6.63. The largest absolute Gasteiger partial charge is 0.505 e. The number of amides is 1. The van der Waals surface area contributed by atoms with E-state index < -0.39 is 11.9 Å². The fourth-order valence-corrected chi connectivity index (χ4v) is 1.79. The molecule has 0 bridgehead atoms. The minimum Gasteiger partial charge on any atom is -0.505 e. The van der Waals surface area contributed by atoms with Crippen LogP contribution < -0.4 is 10.1 Å². The van der Waals surface area contributed by atoms with Crippen molar-refractivity contribution < 1.29 is 24.2 Å². The first-order valence-corrected chi connectivity index (χ1v) is 5.76. The minimum atomic E-state index is -0.664.